The van der Waals surface area contributed by atoms with Gasteiger partial charge >= 0.3 is 0 Å². The molecule has 2 aromatic heterocycles. The minimum Gasteiger partial charge on any atom is -0.246 e. The van der Waals surface area contributed by atoms with Crippen LogP contribution in [-0.4, -0.2) is 34.4 Å². The molecular weight excluding hydrogens is 319 g/mol. The molecule has 8 heteroatoms. The van der Waals surface area contributed by atoms with Crippen LogP contribution in [0.4, 0.5) is 4.39 Å². The van der Waals surface area contributed by atoms with Crippen molar-refractivity contribution in [2.75, 3.05) is 6.26 Å². The normalized spacial score (nSPS) is 11.6. The minimum atomic E-state index is -3.52. The minimum absolute atomic E-state index is 0.269. The van der Waals surface area contributed by atoms with Gasteiger partial charge in [-0.15, -0.1) is 0 Å². The van der Waals surface area contributed by atoms with E-state index in [1.807, 2.05) is 6.07 Å². The number of alkyl halides is 1. The van der Waals surface area contributed by atoms with Crippen molar-refractivity contribution in [2.24, 2.45) is 0 Å². The molecule has 3 rings (SSSR count). The zero-order valence-corrected chi connectivity index (χ0v) is 13.0. The van der Waals surface area contributed by atoms with Crippen molar-refractivity contribution in [3.63, 3.8) is 0 Å². The molecule has 0 unspecified atom stereocenters. The summed E-state index contributed by atoms with van der Waals surface area (Å²) in [5.74, 6) is 0.325. The van der Waals surface area contributed by atoms with Crippen LogP contribution >= 0.6 is 0 Å². The van der Waals surface area contributed by atoms with Crippen LogP contribution in [0, 0.1) is 0 Å². The Morgan fingerprint density at radius 2 is 2.00 bits per heavy atom. The standard InChI is InChI=1S/C15H13FN4O2S/c1-23(21,22)15-17-7-6-14(19-15)20-13(5-8-18-20)12-4-2-3-11(9-12)10-16/h2-9H,10H2,1H3. The number of aromatic nitrogens is 4. The van der Waals surface area contributed by atoms with Gasteiger partial charge in [0, 0.05) is 24.1 Å². The highest BCUT2D eigenvalue weighted by Gasteiger charge is 2.14. The molecule has 0 aliphatic carbocycles. The second kappa shape index (κ2) is 5.88. The van der Waals surface area contributed by atoms with Gasteiger partial charge in [0.05, 0.1) is 11.9 Å². The lowest BCUT2D eigenvalue weighted by Crippen LogP contribution is -2.08. The van der Waals surface area contributed by atoms with Gasteiger partial charge in [-0.3, -0.25) is 0 Å². The summed E-state index contributed by atoms with van der Waals surface area (Å²) in [6, 6.07) is 10.3. The molecule has 0 spiro atoms. The molecule has 0 aliphatic heterocycles. The second-order valence-electron chi connectivity index (χ2n) is 4.93. The first-order valence-corrected chi connectivity index (χ1v) is 8.61. The monoisotopic (exact) mass is 332 g/mol. The van der Waals surface area contributed by atoms with E-state index in [1.54, 1.807) is 36.5 Å². The first-order valence-electron chi connectivity index (χ1n) is 6.72. The van der Waals surface area contributed by atoms with Gasteiger partial charge in [-0.2, -0.15) is 10.1 Å². The first kappa shape index (κ1) is 15.3. The molecule has 0 saturated carbocycles. The van der Waals surface area contributed by atoms with Gasteiger partial charge in [-0.05, 0) is 17.7 Å². The highest BCUT2D eigenvalue weighted by Crippen LogP contribution is 2.23. The Kier molecular flexibility index (Phi) is 3.91. The average Bonchev–Trinajstić information content (AvgIpc) is 3.04. The van der Waals surface area contributed by atoms with Crippen LogP contribution in [0.1, 0.15) is 5.56 Å². The molecule has 0 N–H and O–H groups in total. The molecule has 0 aliphatic rings. The number of hydrogen-bond donors (Lipinski definition) is 0. The number of halogens is 1. The van der Waals surface area contributed by atoms with Crippen LogP contribution in [0.2, 0.25) is 0 Å². The van der Waals surface area contributed by atoms with Crippen LogP contribution in [0.3, 0.4) is 0 Å². The highest BCUT2D eigenvalue weighted by atomic mass is 32.2. The fourth-order valence-electron chi connectivity index (χ4n) is 2.15. The number of sulfone groups is 1. The van der Waals surface area contributed by atoms with Crippen molar-refractivity contribution in [1.29, 1.82) is 0 Å². The van der Waals surface area contributed by atoms with Crippen LogP contribution in [0.5, 0.6) is 0 Å². The lowest BCUT2D eigenvalue weighted by molar-refractivity contribution is 0.485. The lowest BCUT2D eigenvalue weighted by atomic mass is 10.1. The fraction of sp³-hybridized carbons (Fsp3) is 0.133. The quantitative estimate of drug-likeness (QED) is 0.685. The molecule has 0 radical (unpaired) electrons. The third-order valence-corrected chi connectivity index (χ3v) is 4.05. The van der Waals surface area contributed by atoms with E-state index in [1.165, 1.54) is 10.9 Å². The summed E-state index contributed by atoms with van der Waals surface area (Å²) in [7, 11) is -3.52. The van der Waals surface area contributed by atoms with Gasteiger partial charge in [-0.1, -0.05) is 18.2 Å². The lowest BCUT2D eigenvalue weighted by Gasteiger charge is -2.08. The fourth-order valence-corrected chi connectivity index (χ4v) is 2.66. The molecule has 0 fully saturated rings. The molecule has 1 aromatic carbocycles. The predicted octanol–water partition coefficient (Wildman–Crippen LogP) is 2.20. The number of hydrogen-bond acceptors (Lipinski definition) is 5. The Balaban J connectivity index is 2.11. The maximum absolute atomic E-state index is 12.8. The summed E-state index contributed by atoms with van der Waals surface area (Å²) < 4.78 is 37.5. The summed E-state index contributed by atoms with van der Waals surface area (Å²) in [4.78, 5) is 7.80. The van der Waals surface area contributed by atoms with Crippen LogP contribution in [0.15, 0.2) is 53.9 Å². The highest BCUT2D eigenvalue weighted by molar-refractivity contribution is 7.90. The van der Waals surface area contributed by atoms with E-state index in [-0.39, 0.29) is 5.16 Å². The van der Waals surface area contributed by atoms with Crippen molar-refractivity contribution in [3.8, 4) is 17.1 Å². The zero-order chi connectivity index (χ0) is 16.4. The Morgan fingerprint density at radius 1 is 1.17 bits per heavy atom. The Bertz CT molecular complexity index is 953. The summed E-state index contributed by atoms with van der Waals surface area (Å²) in [5, 5.41) is 3.91. The van der Waals surface area contributed by atoms with Crippen molar-refractivity contribution in [3.05, 3.63) is 54.4 Å². The van der Waals surface area contributed by atoms with Crippen LogP contribution in [0.25, 0.3) is 17.1 Å². The van der Waals surface area contributed by atoms with Gasteiger partial charge in [0.15, 0.2) is 5.82 Å². The van der Waals surface area contributed by atoms with Gasteiger partial charge in [0.25, 0.3) is 0 Å². The third kappa shape index (κ3) is 3.11. The molecule has 0 atom stereocenters. The van der Waals surface area contributed by atoms with Crippen LogP contribution in [-0.2, 0) is 16.5 Å². The molecule has 6 nitrogen and oxygen atoms in total. The van der Waals surface area contributed by atoms with Crippen molar-refractivity contribution >= 4 is 9.84 Å². The predicted molar refractivity (Wildman–Crippen MR) is 82.5 cm³/mol. The number of rotatable bonds is 4. The maximum atomic E-state index is 12.8. The van der Waals surface area contributed by atoms with E-state index < -0.39 is 16.5 Å². The summed E-state index contributed by atoms with van der Waals surface area (Å²) in [6.45, 7) is -0.562. The SMILES string of the molecule is CS(=O)(=O)c1nccc(-n2nccc2-c2cccc(CF)c2)n1. The van der Waals surface area contributed by atoms with E-state index in [2.05, 4.69) is 15.1 Å². The topological polar surface area (TPSA) is 77.7 Å². The van der Waals surface area contributed by atoms with Gasteiger partial charge < -0.3 is 0 Å². The smallest absolute Gasteiger partial charge is 0.246 e. The Hall–Kier alpha value is -2.61. The second-order valence-corrected chi connectivity index (χ2v) is 6.84. The molecule has 23 heavy (non-hydrogen) atoms. The average molecular weight is 332 g/mol. The summed E-state index contributed by atoms with van der Waals surface area (Å²) >= 11 is 0. The van der Waals surface area contributed by atoms with Crippen molar-refractivity contribution in [2.45, 2.75) is 11.8 Å². The van der Waals surface area contributed by atoms with E-state index in [9.17, 15) is 12.8 Å². The Labute approximate surface area is 132 Å². The molecular formula is C15H13FN4O2S. The molecule has 118 valence electrons. The maximum Gasteiger partial charge on any atom is 0.248 e. The third-order valence-electron chi connectivity index (χ3n) is 3.19. The largest absolute Gasteiger partial charge is 0.248 e. The molecule has 0 bridgehead atoms. The van der Waals surface area contributed by atoms with Gasteiger partial charge in [-0.25, -0.2) is 22.5 Å². The molecule has 0 saturated heterocycles. The van der Waals surface area contributed by atoms with Gasteiger partial charge in [0.2, 0.25) is 15.0 Å². The van der Waals surface area contributed by atoms with E-state index in [0.29, 0.717) is 17.1 Å². The summed E-state index contributed by atoms with van der Waals surface area (Å²) in [5.41, 5.74) is 1.99. The summed E-state index contributed by atoms with van der Waals surface area (Å²) in [6.07, 6.45) is 3.97. The molecule has 3 aromatic rings. The first-order chi connectivity index (χ1) is 11.0. The molecule has 2 heterocycles. The van der Waals surface area contributed by atoms with Crippen molar-refractivity contribution in [1.82, 2.24) is 19.7 Å². The van der Waals surface area contributed by atoms with Crippen molar-refractivity contribution < 1.29 is 12.8 Å². The zero-order valence-electron chi connectivity index (χ0n) is 12.2. The van der Waals surface area contributed by atoms with E-state index >= 15 is 0 Å². The van der Waals surface area contributed by atoms with Gasteiger partial charge in [0.1, 0.15) is 6.67 Å². The van der Waals surface area contributed by atoms with E-state index in [0.717, 1.165) is 11.8 Å². The molecule has 0 amide bonds. The number of nitrogens with zero attached hydrogens (tertiary/aromatic N) is 4. The van der Waals surface area contributed by atoms with Crippen LogP contribution < -0.4 is 0 Å². The number of benzene rings is 1. The Morgan fingerprint density at radius 3 is 2.74 bits per heavy atom. The van der Waals surface area contributed by atoms with E-state index in [4.69, 9.17) is 0 Å².